The van der Waals surface area contributed by atoms with E-state index in [1.165, 1.54) is 4.88 Å². The van der Waals surface area contributed by atoms with Crippen LogP contribution in [0.3, 0.4) is 0 Å². The number of nitrogens with zero attached hydrogens (tertiary/aromatic N) is 1. The minimum absolute atomic E-state index is 0.324. The minimum Gasteiger partial charge on any atom is -0.339 e. The van der Waals surface area contributed by atoms with Gasteiger partial charge in [-0.2, -0.15) is 0 Å². The van der Waals surface area contributed by atoms with E-state index in [2.05, 4.69) is 34.3 Å². The zero-order valence-corrected chi connectivity index (χ0v) is 12.1. The maximum Gasteiger partial charge on any atom is 0.222 e. The fraction of sp³-hybridized carbons (Fsp3) is 0.533. The van der Waals surface area contributed by atoms with Gasteiger partial charge in [-0.1, -0.05) is 12.1 Å². The van der Waals surface area contributed by atoms with Crippen LogP contribution in [0, 0.1) is 0 Å². The molecule has 19 heavy (non-hydrogen) atoms. The predicted octanol–water partition coefficient (Wildman–Crippen LogP) is 2.45. The highest BCUT2D eigenvalue weighted by atomic mass is 32.1. The van der Waals surface area contributed by atoms with Gasteiger partial charge in [0.25, 0.3) is 0 Å². The molecular formula is C15H22N2OS. The highest BCUT2D eigenvalue weighted by Gasteiger charge is 2.29. The Kier molecular flexibility index (Phi) is 5.61. The van der Waals surface area contributed by atoms with Gasteiger partial charge in [0.2, 0.25) is 5.91 Å². The summed E-state index contributed by atoms with van der Waals surface area (Å²) in [5.41, 5.74) is 0. The average Bonchev–Trinajstić information content (AvgIpc) is 3.03. The number of carbonyl (C=O) groups excluding carboxylic acids is 1. The van der Waals surface area contributed by atoms with Gasteiger partial charge in [-0.25, -0.2) is 0 Å². The second kappa shape index (κ2) is 7.46. The molecule has 2 heterocycles. The van der Waals surface area contributed by atoms with Gasteiger partial charge in [-0.05, 0) is 37.3 Å². The molecule has 1 amide bonds. The maximum atomic E-state index is 11.9. The summed E-state index contributed by atoms with van der Waals surface area (Å²) in [5.74, 6) is 0.324. The maximum absolute atomic E-state index is 11.9. The predicted molar refractivity (Wildman–Crippen MR) is 80.4 cm³/mol. The summed E-state index contributed by atoms with van der Waals surface area (Å²) >= 11 is 1.77. The lowest BCUT2D eigenvalue weighted by Gasteiger charge is -2.24. The van der Waals surface area contributed by atoms with E-state index in [4.69, 9.17) is 0 Å². The third-order valence-electron chi connectivity index (χ3n) is 3.57. The van der Waals surface area contributed by atoms with Crippen LogP contribution in [0.25, 0.3) is 0 Å². The lowest BCUT2D eigenvalue weighted by atomic mass is 10.1. The smallest absolute Gasteiger partial charge is 0.222 e. The minimum atomic E-state index is 0.324. The summed E-state index contributed by atoms with van der Waals surface area (Å²) in [4.78, 5) is 15.4. The quantitative estimate of drug-likeness (QED) is 0.585. The summed E-state index contributed by atoms with van der Waals surface area (Å²) < 4.78 is 0. The Morgan fingerprint density at radius 2 is 2.47 bits per heavy atom. The van der Waals surface area contributed by atoms with Crippen molar-refractivity contribution in [1.29, 1.82) is 0 Å². The molecule has 0 bridgehead atoms. The van der Waals surface area contributed by atoms with Crippen molar-refractivity contribution < 1.29 is 4.79 Å². The van der Waals surface area contributed by atoms with Crippen molar-refractivity contribution in [3.8, 4) is 0 Å². The number of hydrogen-bond acceptors (Lipinski definition) is 3. The first-order chi connectivity index (χ1) is 9.31. The Labute approximate surface area is 119 Å². The third kappa shape index (κ3) is 4.18. The summed E-state index contributed by atoms with van der Waals surface area (Å²) in [7, 11) is 0. The fourth-order valence-electron chi connectivity index (χ4n) is 2.56. The molecule has 0 saturated carbocycles. The summed E-state index contributed by atoms with van der Waals surface area (Å²) in [6.45, 7) is 6.36. The first-order valence-corrected chi connectivity index (χ1v) is 7.82. The first-order valence-electron chi connectivity index (χ1n) is 6.94. The molecule has 0 aromatic carbocycles. The van der Waals surface area contributed by atoms with Gasteiger partial charge in [0.1, 0.15) is 0 Å². The Morgan fingerprint density at radius 1 is 1.58 bits per heavy atom. The zero-order chi connectivity index (χ0) is 13.5. The Hall–Kier alpha value is -1.13. The van der Waals surface area contributed by atoms with E-state index in [9.17, 15) is 4.79 Å². The van der Waals surface area contributed by atoms with Crippen molar-refractivity contribution in [3.63, 3.8) is 0 Å². The average molecular weight is 278 g/mol. The Morgan fingerprint density at radius 3 is 3.21 bits per heavy atom. The van der Waals surface area contributed by atoms with E-state index in [0.717, 1.165) is 45.3 Å². The fourth-order valence-corrected chi connectivity index (χ4v) is 3.26. The number of amides is 1. The second-order valence-corrected chi connectivity index (χ2v) is 5.92. The standard InChI is InChI=1S/C15H22N2OS/c1-2-9-16-10-7-13-5-6-15(18)17(13)11-8-14-4-3-12-19-14/h2-4,12-13,16H,1,5-11H2. The monoisotopic (exact) mass is 278 g/mol. The molecule has 1 unspecified atom stereocenters. The van der Waals surface area contributed by atoms with Crippen molar-refractivity contribution >= 4 is 17.2 Å². The van der Waals surface area contributed by atoms with Crippen LogP contribution in [-0.2, 0) is 11.2 Å². The highest BCUT2D eigenvalue weighted by Crippen LogP contribution is 2.22. The van der Waals surface area contributed by atoms with E-state index >= 15 is 0 Å². The SMILES string of the molecule is C=CCNCCC1CCC(=O)N1CCc1cccs1. The number of hydrogen-bond donors (Lipinski definition) is 1. The number of carbonyl (C=O) groups is 1. The molecule has 4 heteroatoms. The summed E-state index contributed by atoms with van der Waals surface area (Å²) in [6, 6.07) is 4.64. The highest BCUT2D eigenvalue weighted by molar-refractivity contribution is 7.09. The van der Waals surface area contributed by atoms with Crippen LogP contribution < -0.4 is 5.32 Å². The third-order valence-corrected chi connectivity index (χ3v) is 4.51. The van der Waals surface area contributed by atoms with E-state index in [-0.39, 0.29) is 0 Å². The zero-order valence-electron chi connectivity index (χ0n) is 11.3. The molecule has 0 spiro atoms. The van der Waals surface area contributed by atoms with Gasteiger partial charge in [-0.15, -0.1) is 17.9 Å². The van der Waals surface area contributed by atoms with Crippen LogP contribution in [0.2, 0.25) is 0 Å². The summed E-state index contributed by atoms with van der Waals surface area (Å²) in [5, 5.41) is 5.41. The summed E-state index contributed by atoms with van der Waals surface area (Å²) in [6.07, 6.45) is 5.63. The van der Waals surface area contributed by atoms with Gasteiger partial charge < -0.3 is 10.2 Å². The second-order valence-electron chi connectivity index (χ2n) is 4.89. The molecule has 3 nitrogen and oxygen atoms in total. The molecule has 1 N–H and O–H groups in total. The largest absolute Gasteiger partial charge is 0.339 e. The first kappa shape index (κ1) is 14.3. The molecule has 1 aliphatic rings. The van der Waals surface area contributed by atoms with Gasteiger partial charge in [0.05, 0.1) is 0 Å². The van der Waals surface area contributed by atoms with Crippen LogP contribution in [-0.4, -0.2) is 36.5 Å². The van der Waals surface area contributed by atoms with Crippen molar-refractivity contribution in [2.75, 3.05) is 19.6 Å². The number of rotatable bonds is 8. The van der Waals surface area contributed by atoms with Gasteiger partial charge in [0.15, 0.2) is 0 Å². The Bertz CT molecular complexity index is 402. The van der Waals surface area contributed by atoms with Gasteiger partial charge in [0, 0.05) is 30.4 Å². The molecule has 1 fully saturated rings. The molecule has 0 aliphatic carbocycles. The van der Waals surface area contributed by atoms with Crippen molar-refractivity contribution in [2.24, 2.45) is 0 Å². The van der Waals surface area contributed by atoms with Crippen LogP contribution in [0.15, 0.2) is 30.2 Å². The molecule has 1 atom stereocenters. The normalized spacial score (nSPS) is 19.1. The topological polar surface area (TPSA) is 32.3 Å². The molecule has 0 radical (unpaired) electrons. The van der Waals surface area contributed by atoms with Crippen LogP contribution in [0.5, 0.6) is 0 Å². The molecule has 104 valence electrons. The van der Waals surface area contributed by atoms with Crippen LogP contribution in [0.1, 0.15) is 24.1 Å². The van der Waals surface area contributed by atoms with E-state index in [1.807, 2.05) is 6.08 Å². The van der Waals surface area contributed by atoms with E-state index in [1.54, 1.807) is 11.3 Å². The van der Waals surface area contributed by atoms with Crippen LogP contribution in [0.4, 0.5) is 0 Å². The Balaban J connectivity index is 1.78. The van der Waals surface area contributed by atoms with E-state index in [0.29, 0.717) is 11.9 Å². The lowest BCUT2D eigenvalue weighted by Crippen LogP contribution is -2.36. The molecule has 1 aromatic rings. The van der Waals surface area contributed by atoms with Crippen molar-refractivity contribution in [2.45, 2.75) is 31.7 Å². The van der Waals surface area contributed by atoms with Crippen LogP contribution >= 0.6 is 11.3 Å². The number of likely N-dealkylation sites (tertiary alicyclic amines) is 1. The van der Waals surface area contributed by atoms with Crippen molar-refractivity contribution in [3.05, 3.63) is 35.0 Å². The van der Waals surface area contributed by atoms with Gasteiger partial charge in [-0.3, -0.25) is 4.79 Å². The lowest BCUT2D eigenvalue weighted by molar-refractivity contribution is -0.128. The molecule has 2 rings (SSSR count). The number of thiophene rings is 1. The number of nitrogens with one attached hydrogen (secondary N) is 1. The van der Waals surface area contributed by atoms with Crippen molar-refractivity contribution in [1.82, 2.24) is 10.2 Å². The molecule has 1 aromatic heterocycles. The molecule has 1 aliphatic heterocycles. The molecular weight excluding hydrogens is 256 g/mol. The van der Waals surface area contributed by atoms with Gasteiger partial charge >= 0.3 is 0 Å². The molecule has 1 saturated heterocycles. The van der Waals surface area contributed by atoms with E-state index < -0.39 is 0 Å².